The van der Waals surface area contributed by atoms with Gasteiger partial charge < -0.3 is 10.6 Å². The second-order valence-electron chi connectivity index (χ2n) is 5.98. The van der Waals surface area contributed by atoms with E-state index < -0.39 is 23.6 Å². The zero-order valence-corrected chi connectivity index (χ0v) is 15.1. The van der Waals surface area contributed by atoms with Crippen molar-refractivity contribution in [1.82, 2.24) is 0 Å². The molecule has 0 aliphatic carbocycles. The summed E-state index contributed by atoms with van der Waals surface area (Å²) in [4.78, 5) is 35.3. The topological polar surface area (TPSA) is 75.3 Å². The molecule has 0 heterocycles. The molecular formula is C20H17F3N2O3. The molecule has 0 saturated heterocycles. The third kappa shape index (κ3) is 5.80. The third-order valence-corrected chi connectivity index (χ3v) is 3.71. The van der Waals surface area contributed by atoms with Crippen molar-refractivity contribution in [3.05, 3.63) is 71.3 Å². The molecule has 2 aromatic rings. The summed E-state index contributed by atoms with van der Waals surface area (Å²) in [6.07, 6.45) is -3.49. The zero-order valence-electron chi connectivity index (χ0n) is 15.1. The average Bonchev–Trinajstić information content (AvgIpc) is 2.61. The monoisotopic (exact) mass is 390 g/mol. The van der Waals surface area contributed by atoms with Crippen LogP contribution in [0.15, 0.2) is 60.2 Å². The predicted octanol–water partition coefficient (Wildman–Crippen LogP) is 4.43. The highest BCUT2D eigenvalue weighted by atomic mass is 19.4. The smallest absolute Gasteiger partial charge is 0.323 e. The van der Waals surface area contributed by atoms with Crippen molar-refractivity contribution >= 4 is 29.0 Å². The van der Waals surface area contributed by atoms with Gasteiger partial charge in [-0.1, -0.05) is 6.07 Å². The maximum atomic E-state index is 12.7. The number of benzene rings is 2. The molecule has 0 aliphatic heterocycles. The number of halogens is 3. The van der Waals surface area contributed by atoms with Gasteiger partial charge in [0, 0.05) is 28.6 Å². The number of nitrogens with one attached hydrogen (secondary N) is 2. The fourth-order valence-corrected chi connectivity index (χ4v) is 2.23. The van der Waals surface area contributed by atoms with Gasteiger partial charge in [0.1, 0.15) is 0 Å². The molecule has 0 fully saturated rings. The molecule has 0 unspecified atom stereocenters. The first-order valence-corrected chi connectivity index (χ1v) is 8.15. The van der Waals surface area contributed by atoms with E-state index in [4.69, 9.17) is 0 Å². The molecule has 0 radical (unpaired) electrons. The summed E-state index contributed by atoms with van der Waals surface area (Å²) in [5, 5.41) is 4.85. The van der Waals surface area contributed by atoms with Crippen LogP contribution in [-0.2, 0) is 15.8 Å². The molecule has 8 heteroatoms. The van der Waals surface area contributed by atoms with Gasteiger partial charge >= 0.3 is 6.18 Å². The molecular weight excluding hydrogens is 373 g/mol. The van der Waals surface area contributed by atoms with Crippen molar-refractivity contribution in [1.29, 1.82) is 0 Å². The van der Waals surface area contributed by atoms with E-state index in [-0.39, 0.29) is 17.0 Å². The van der Waals surface area contributed by atoms with Crippen LogP contribution in [0.1, 0.15) is 29.8 Å². The number of rotatable bonds is 5. The number of alkyl halides is 3. The van der Waals surface area contributed by atoms with Gasteiger partial charge in [0.05, 0.1) is 5.56 Å². The van der Waals surface area contributed by atoms with Gasteiger partial charge in [-0.25, -0.2) is 0 Å². The van der Waals surface area contributed by atoms with Crippen LogP contribution in [0.3, 0.4) is 0 Å². The molecule has 0 bridgehead atoms. The number of carbonyl (C=O) groups is 3. The van der Waals surface area contributed by atoms with Crippen LogP contribution in [0.2, 0.25) is 0 Å². The van der Waals surface area contributed by atoms with E-state index in [2.05, 4.69) is 10.6 Å². The fraction of sp³-hybridized carbons (Fsp3) is 0.150. The molecule has 2 N–H and O–H groups in total. The number of Topliss-reactive ketones (excluding diaryl/α,β-unsaturated/α-hetero) is 1. The lowest BCUT2D eigenvalue weighted by molar-refractivity contribution is -0.137. The normalized spacial score (nSPS) is 11.7. The van der Waals surface area contributed by atoms with Crippen LogP contribution < -0.4 is 10.6 Å². The summed E-state index contributed by atoms with van der Waals surface area (Å²) in [6.45, 7) is 2.78. The van der Waals surface area contributed by atoms with E-state index in [0.29, 0.717) is 11.3 Å². The number of ketones is 1. The molecule has 2 amide bonds. The Balaban J connectivity index is 2.02. The second kappa shape index (κ2) is 8.51. The highest BCUT2D eigenvalue weighted by Gasteiger charge is 2.30. The van der Waals surface area contributed by atoms with E-state index in [9.17, 15) is 27.6 Å². The highest BCUT2D eigenvalue weighted by molar-refractivity contribution is 6.10. The van der Waals surface area contributed by atoms with E-state index in [1.165, 1.54) is 26.0 Å². The molecule has 5 nitrogen and oxygen atoms in total. The van der Waals surface area contributed by atoms with Crippen molar-refractivity contribution in [3.8, 4) is 0 Å². The fourth-order valence-electron chi connectivity index (χ4n) is 2.23. The molecule has 0 aromatic heterocycles. The number of amides is 2. The van der Waals surface area contributed by atoms with Gasteiger partial charge in [-0.3, -0.25) is 14.4 Å². The highest BCUT2D eigenvalue weighted by Crippen LogP contribution is 2.30. The molecule has 0 atom stereocenters. The van der Waals surface area contributed by atoms with Crippen LogP contribution in [0.5, 0.6) is 0 Å². The second-order valence-corrected chi connectivity index (χ2v) is 5.98. The summed E-state index contributed by atoms with van der Waals surface area (Å²) in [6, 6.07) is 10.4. The van der Waals surface area contributed by atoms with Gasteiger partial charge in [-0.05, 0) is 56.3 Å². The summed E-state index contributed by atoms with van der Waals surface area (Å²) in [5.74, 6) is -1.41. The van der Waals surface area contributed by atoms with Crippen LogP contribution in [-0.4, -0.2) is 17.6 Å². The average molecular weight is 390 g/mol. The Hall–Kier alpha value is -3.42. The lowest BCUT2D eigenvalue weighted by Gasteiger charge is -2.10. The van der Waals surface area contributed by atoms with Crippen LogP contribution in [0.25, 0.3) is 0 Å². The Morgan fingerprint density at radius 3 is 2.11 bits per heavy atom. The minimum absolute atomic E-state index is 0.00951. The standard InChI is InChI=1S/C20H17F3N2O3/c1-12(10-18(27)24-16-8-6-14(7-9-16)13(2)26)19(28)25-17-5-3-4-15(11-17)20(21,22)23/h3-11H,1-2H3,(H,24,27)(H,25,28)/b12-10-. The number of carbonyl (C=O) groups excluding carboxylic acids is 3. The van der Waals surface area contributed by atoms with E-state index in [1.54, 1.807) is 24.3 Å². The predicted molar refractivity (Wildman–Crippen MR) is 98.9 cm³/mol. The van der Waals surface area contributed by atoms with Crippen LogP contribution in [0.4, 0.5) is 24.5 Å². The van der Waals surface area contributed by atoms with E-state index in [0.717, 1.165) is 18.2 Å². The number of hydrogen-bond acceptors (Lipinski definition) is 3. The molecule has 0 spiro atoms. The van der Waals surface area contributed by atoms with E-state index >= 15 is 0 Å². The first-order valence-electron chi connectivity index (χ1n) is 8.15. The summed E-state index contributed by atoms with van der Waals surface area (Å²) in [5.41, 5.74) is 0.00396. The molecule has 0 saturated carbocycles. The van der Waals surface area contributed by atoms with Crippen molar-refractivity contribution in [3.63, 3.8) is 0 Å². The minimum Gasteiger partial charge on any atom is -0.323 e. The maximum absolute atomic E-state index is 12.7. The Morgan fingerprint density at radius 1 is 0.893 bits per heavy atom. The Bertz CT molecular complexity index is 932. The van der Waals surface area contributed by atoms with Gasteiger partial charge in [0.15, 0.2) is 5.78 Å². The summed E-state index contributed by atoms with van der Waals surface area (Å²) in [7, 11) is 0. The van der Waals surface area contributed by atoms with Gasteiger partial charge in [-0.2, -0.15) is 13.2 Å². The number of anilines is 2. The zero-order chi connectivity index (χ0) is 20.9. The summed E-state index contributed by atoms with van der Waals surface area (Å²) < 4.78 is 38.1. The van der Waals surface area contributed by atoms with Crippen molar-refractivity contribution in [2.75, 3.05) is 10.6 Å². The van der Waals surface area contributed by atoms with Gasteiger partial charge in [0.2, 0.25) is 5.91 Å². The van der Waals surface area contributed by atoms with E-state index in [1.807, 2.05) is 0 Å². The minimum atomic E-state index is -4.52. The Morgan fingerprint density at radius 2 is 1.54 bits per heavy atom. The molecule has 146 valence electrons. The first-order chi connectivity index (χ1) is 13.1. The quantitative estimate of drug-likeness (QED) is 0.586. The lowest BCUT2D eigenvalue weighted by Crippen LogP contribution is -2.16. The Labute approximate surface area is 159 Å². The first kappa shape index (κ1) is 20.9. The van der Waals surface area contributed by atoms with Gasteiger partial charge in [0.25, 0.3) is 5.91 Å². The van der Waals surface area contributed by atoms with Crippen molar-refractivity contribution in [2.45, 2.75) is 20.0 Å². The van der Waals surface area contributed by atoms with Crippen LogP contribution in [0, 0.1) is 0 Å². The molecule has 0 aliphatic rings. The maximum Gasteiger partial charge on any atom is 0.416 e. The lowest BCUT2D eigenvalue weighted by atomic mass is 10.1. The largest absolute Gasteiger partial charge is 0.416 e. The van der Waals surface area contributed by atoms with Crippen molar-refractivity contribution in [2.24, 2.45) is 0 Å². The van der Waals surface area contributed by atoms with Gasteiger partial charge in [-0.15, -0.1) is 0 Å². The summed E-state index contributed by atoms with van der Waals surface area (Å²) >= 11 is 0. The van der Waals surface area contributed by atoms with Crippen molar-refractivity contribution < 1.29 is 27.6 Å². The molecule has 2 rings (SSSR count). The third-order valence-electron chi connectivity index (χ3n) is 3.71. The SMILES string of the molecule is CC(=O)c1ccc(NC(=O)/C=C(/C)C(=O)Nc2cccc(C(F)(F)F)c2)cc1. The molecule has 2 aromatic carbocycles. The number of hydrogen-bond donors (Lipinski definition) is 2. The molecule has 28 heavy (non-hydrogen) atoms. The van der Waals surface area contributed by atoms with Crippen LogP contribution >= 0.6 is 0 Å². The Kier molecular flexibility index (Phi) is 6.35.